The van der Waals surface area contributed by atoms with E-state index in [0.29, 0.717) is 0 Å². The van der Waals surface area contributed by atoms with E-state index in [0.717, 1.165) is 31.9 Å². The summed E-state index contributed by atoms with van der Waals surface area (Å²) in [4.78, 5) is 0. The van der Waals surface area contributed by atoms with Crippen molar-refractivity contribution in [2.24, 2.45) is 0 Å². The van der Waals surface area contributed by atoms with Gasteiger partial charge in [0.05, 0.1) is 6.61 Å². The van der Waals surface area contributed by atoms with Crippen LogP contribution in [0, 0.1) is 0 Å². The summed E-state index contributed by atoms with van der Waals surface area (Å²) >= 11 is 0. The molecule has 0 atom stereocenters. The van der Waals surface area contributed by atoms with E-state index in [1.807, 2.05) is 0 Å². The molecule has 0 amide bonds. The van der Waals surface area contributed by atoms with Crippen molar-refractivity contribution in [1.82, 2.24) is 5.32 Å². The second-order valence-corrected chi connectivity index (χ2v) is 4.66. The zero-order chi connectivity index (χ0) is 13.1. The van der Waals surface area contributed by atoms with Crippen molar-refractivity contribution in [2.45, 2.75) is 46.0 Å². The quantitative estimate of drug-likeness (QED) is 0.637. The fourth-order valence-electron chi connectivity index (χ4n) is 1.85. The molecule has 0 radical (unpaired) electrons. The van der Waals surface area contributed by atoms with E-state index in [4.69, 9.17) is 4.74 Å². The van der Waals surface area contributed by atoms with Crippen molar-refractivity contribution in [3.05, 3.63) is 29.8 Å². The van der Waals surface area contributed by atoms with Crippen LogP contribution in [0.4, 0.5) is 0 Å². The Morgan fingerprint density at radius 3 is 2.44 bits per heavy atom. The molecule has 0 saturated heterocycles. The van der Waals surface area contributed by atoms with Crippen molar-refractivity contribution in [1.29, 1.82) is 0 Å². The average Bonchev–Trinajstić information content (AvgIpc) is 2.42. The summed E-state index contributed by atoms with van der Waals surface area (Å²) in [5.74, 6) is 0.999. The van der Waals surface area contributed by atoms with E-state index in [1.54, 1.807) is 0 Å². The molecule has 18 heavy (non-hydrogen) atoms. The number of benzene rings is 1. The third-order valence-corrected chi connectivity index (χ3v) is 3.01. The molecule has 0 aliphatic heterocycles. The number of aryl methyl sites for hydroxylation is 1. The first-order chi connectivity index (χ1) is 8.86. The zero-order valence-electron chi connectivity index (χ0n) is 11.9. The molecule has 0 fully saturated rings. The molecule has 1 aromatic rings. The first-order valence-electron chi connectivity index (χ1n) is 7.29. The van der Waals surface area contributed by atoms with Gasteiger partial charge in [0.1, 0.15) is 5.75 Å². The van der Waals surface area contributed by atoms with E-state index < -0.39 is 0 Å². The third-order valence-electron chi connectivity index (χ3n) is 3.01. The van der Waals surface area contributed by atoms with Crippen LogP contribution in [-0.2, 0) is 6.42 Å². The molecule has 0 heterocycles. The van der Waals surface area contributed by atoms with E-state index in [2.05, 4.69) is 43.4 Å². The number of rotatable bonds is 10. The van der Waals surface area contributed by atoms with Crippen LogP contribution >= 0.6 is 0 Å². The highest BCUT2D eigenvalue weighted by Gasteiger charge is 1.96. The van der Waals surface area contributed by atoms with Gasteiger partial charge in [0.2, 0.25) is 0 Å². The van der Waals surface area contributed by atoms with Crippen LogP contribution in [0.25, 0.3) is 0 Å². The fraction of sp³-hybridized carbons (Fsp3) is 0.625. The van der Waals surface area contributed by atoms with Crippen LogP contribution in [0.15, 0.2) is 24.3 Å². The highest BCUT2D eigenvalue weighted by Crippen LogP contribution is 2.14. The predicted octanol–water partition coefficient (Wildman–Crippen LogP) is 3.80. The van der Waals surface area contributed by atoms with Crippen LogP contribution < -0.4 is 10.1 Å². The number of ether oxygens (including phenoxy) is 1. The molecule has 0 spiro atoms. The summed E-state index contributed by atoms with van der Waals surface area (Å²) in [6, 6.07) is 8.55. The molecule has 0 saturated carbocycles. The SMILES string of the molecule is CCCCc1ccc(OCCCCNCC)cc1. The monoisotopic (exact) mass is 249 g/mol. The Hall–Kier alpha value is -1.02. The Labute approximate surface area is 112 Å². The third kappa shape index (κ3) is 6.65. The van der Waals surface area contributed by atoms with Crippen LogP contribution in [0.5, 0.6) is 5.75 Å². The Balaban J connectivity index is 2.14. The maximum Gasteiger partial charge on any atom is 0.119 e. The molecular formula is C16H27NO. The van der Waals surface area contributed by atoms with Crippen LogP contribution in [0.1, 0.15) is 45.1 Å². The molecule has 0 aliphatic carbocycles. The first kappa shape index (κ1) is 15.0. The first-order valence-corrected chi connectivity index (χ1v) is 7.29. The van der Waals surface area contributed by atoms with E-state index in [1.165, 1.54) is 31.2 Å². The summed E-state index contributed by atoms with van der Waals surface area (Å²) in [5, 5.41) is 3.32. The summed E-state index contributed by atoms with van der Waals surface area (Å²) in [5.41, 5.74) is 1.41. The van der Waals surface area contributed by atoms with Crippen LogP contribution in [-0.4, -0.2) is 19.7 Å². The second kappa shape index (κ2) is 9.95. The number of unbranched alkanes of at least 4 members (excludes halogenated alkanes) is 2. The summed E-state index contributed by atoms with van der Waals surface area (Å²) in [6.07, 6.45) is 6.00. The van der Waals surface area contributed by atoms with E-state index in [9.17, 15) is 0 Å². The molecule has 2 heteroatoms. The molecule has 1 N–H and O–H groups in total. The lowest BCUT2D eigenvalue weighted by Crippen LogP contribution is -2.14. The van der Waals surface area contributed by atoms with Crippen molar-refractivity contribution in [2.75, 3.05) is 19.7 Å². The Morgan fingerprint density at radius 2 is 1.78 bits per heavy atom. The van der Waals surface area contributed by atoms with Gasteiger partial charge in [-0.05, 0) is 56.5 Å². The van der Waals surface area contributed by atoms with Crippen molar-refractivity contribution in [3.63, 3.8) is 0 Å². The van der Waals surface area contributed by atoms with Crippen LogP contribution in [0.2, 0.25) is 0 Å². The fourth-order valence-corrected chi connectivity index (χ4v) is 1.85. The average molecular weight is 249 g/mol. The Morgan fingerprint density at radius 1 is 1.00 bits per heavy atom. The number of hydrogen-bond acceptors (Lipinski definition) is 2. The van der Waals surface area contributed by atoms with Crippen LogP contribution in [0.3, 0.4) is 0 Å². The topological polar surface area (TPSA) is 21.3 Å². The lowest BCUT2D eigenvalue weighted by atomic mass is 10.1. The van der Waals surface area contributed by atoms with Gasteiger partial charge in [-0.2, -0.15) is 0 Å². The van der Waals surface area contributed by atoms with Gasteiger partial charge >= 0.3 is 0 Å². The summed E-state index contributed by atoms with van der Waals surface area (Å²) in [7, 11) is 0. The lowest BCUT2D eigenvalue weighted by molar-refractivity contribution is 0.306. The van der Waals surface area contributed by atoms with Gasteiger partial charge in [0.25, 0.3) is 0 Å². The molecule has 1 aromatic carbocycles. The maximum atomic E-state index is 5.72. The summed E-state index contributed by atoms with van der Waals surface area (Å²) in [6.45, 7) is 7.33. The molecule has 2 nitrogen and oxygen atoms in total. The summed E-state index contributed by atoms with van der Waals surface area (Å²) < 4.78 is 5.72. The highest BCUT2D eigenvalue weighted by molar-refractivity contribution is 5.27. The van der Waals surface area contributed by atoms with Gasteiger partial charge < -0.3 is 10.1 Å². The minimum Gasteiger partial charge on any atom is -0.494 e. The van der Waals surface area contributed by atoms with Crippen molar-refractivity contribution >= 4 is 0 Å². The number of hydrogen-bond donors (Lipinski definition) is 1. The van der Waals surface area contributed by atoms with Gasteiger partial charge in [-0.15, -0.1) is 0 Å². The van der Waals surface area contributed by atoms with Gasteiger partial charge in [-0.3, -0.25) is 0 Å². The molecule has 0 unspecified atom stereocenters. The van der Waals surface area contributed by atoms with Crippen molar-refractivity contribution in [3.8, 4) is 5.75 Å². The van der Waals surface area contributed by atoms with Crippen molar-refractivity contribution < 1.29 is 4.74 Å². The molecular weight excluding hydrogens is 222 g/mol. The molecule has 102 valence electrons. The minimum atomic E-state index is 0.819. The molecule has 0 bridgehead atoms. The standard InChI is InChI=1S/C16H27NO/c1-3-5-8-15-9-11-16(12-10-15)18-14-7-6-13-17-4-2/h9-12,17H,3-8,13-14H2,1-2H3. The van der Waals surface area contributed by atoms with Gasteiger partial charge in [0, 0.05) is 0 Å². The Kier molecular flexibility index (Phi) is 8.32. The largest absolute Gasteiger partial charge is 0.494 e. The lowest BCUT2D eigenvalue weighted by Gasteiger charge is -2.07. The predicted molar refractivity (Wildman–Crippen MR) is 78.3 cm³/mol. The zero-order valence-corrected chi connectivity index (χ0v) is 11.9. The van der Waals surface area contributed by atoms with E-state index in [-0.39, 0.29) is 0 Å². The molecule has 0 aliphatic rings. The van der Waals surface area contributed by atoms with E-state index >= 15 is 0 Å². The minimum absolute atomic E-state index is 0.819. The normalized spacial score (nSPS) is 10.6. The smallest absolute Gasteiger partial charge is 0.119 e. The maximum absolute atomic E-state index is 5.72. The van der Waals surface area contributed by atoms with Gasteiger partial charge in [-0.25, -0.2) is 0 Å². The van der Waals surface area contributed by atoms with Gasteiger partial charge in [0.15, 0.2) is 0 Å². The second-order valence-electron chi connectivity index (χ2n) is 4.66. The molecule has 0 aromatic heterocycles. The van der Waals surface area contributed by atoms with Gasteiger partial charge in [-0.1, -0.05) is 32.4 Å². The number of nitrogens with one attached hydrogen (secondary N) is 1. The Bertz CT molecular complexity index is 294. The highest BCUT2D eigenvalue weighted by atomic mass is 16.5. The molecule has 1 rings (SSSR count).